The smallest absolute Gasteiger partial charge is 0.387 e. The Morgan fingerprint density at radius 3 is 2.56 bits per heavy atom. The van der Waals surface area contributed by atoms with E-state index in [1.165, 1.54) is 6.07 Å². The number of likely N-dealkylation sites (N-methyl/N-ethyl adjacent to an activating group) is 1. The van der Waals surface area contributed by atoms with Crippen LogP contribution in [0, 0.1) is 0 Å². The van der Waals surface area contributed by atoms with E-state index in [0.717, 1.165) is 5.56 Å². The van der Waals surface area contributed by atoms with Crippen molar-refractivity contribution in [1.82, 2.24) is 5.32 Å². The van der Waals surface area contributed by atoms with Gasteiger partial charge in [-0.2, -0.15) is 8.78 Å². The second-order valence-electron chi connectivity index (χ2n) is 3.54. The molecule has 0 heterocycles. The van der Waals surface area contributed by atoms with E-state index in [1.54, 1.807) is 26.1 Å². The van der Waals surface area contributed by atoms with Crippen LogP contribution in [0.5, 0.6) is 11.5 Å². The van der Waals surface area contributed by atoms with Crippen LogP contribution in [-0.4, -0.2) is 32.0 Å². The Bertz CT molecular complexity index is 370. The van der Waals surface area contributed by atoms with Gasteiger partial charge in [-0.1, -0.05) is 6.07 Å². The minimum absolute atomic E-state index is 0.0107. The highest BCUT2D eigenvalue weighted by molar-refractivity contribution is 5.44. The van der Waals surface area contributed by atoms with Crippen molar-refractivity contribution in [1.29, 1.82) is 0 Å². The molecule has 0 amide bonds. The number of alkyl halides is 2. The van der Waals surface area contributed by atoms with Crippen LogP contribution in [0.4, 0.5) is 8.78 Å². The number of hydrogen-bond donors (Lipinski definition) is 2. The van der Waals surface area contributed by atoms with E-state index in [-0.39, 0.29) is 24.1 Å². The molecule has 1 aromatic carbocycles. The molecule has 0 aliphatic heterocycles. The molecule has 0 bridgehead atoms. The fourth-order valence-corrected chi connectivity index (χ4v) is 1.57. The van der Waals surface area contributed by atoms with E-state index >= 15 is 0 Å². The predicted molar refractivity (Wildman–Crippen MR) is 63.1 cm³/mol. The molecule has 1 unspecified atom stereocenters. The molecule has 6 heteroatoms. The summed E-state index contributed by atoms with van der Waals surface area (Å²) in [4.78, 5) is 0. The highest BCUT2D eigenvalue weighted by atomic mass is 19.3. The molecule has 0 aliphatic rings. The van der Waals surface area contributed by atoms with Crippen LogP contribution in [-0.2, 0) is 0 Å². The average Bonchev–Trinajstić information content (AvgIpc) is 2.33. The van der Waals surface area contributed by atoms with Crippen LogP contribution in [0.3, 0.4) is 0 Å². The fourth-order valence-electron chi connectivity index (χ4n) is 1.57. The third-order valence-corrected chi connectivity index (χ3v) is 2.42. The second kappa shape index (κ2) is 7.13. The summed E-state index contributed by atoms with van der Waals surface area (Å²) in [5.74, 6) is 0.229. The first-order chi connectivity index (χ1) is 8.62. The molecule has 1 rings (SSSR count). The van der Waals surface area contributed by atoms with Gasteiger partial charge in [0.05, 0.1) is 19.3 Å². The summed E-state index contributed by atoms with van der Waals surface area (Å²) in [6, 6.07) is 4.33. The molecule has 0 aliphatic carbocycles. The van der Waals surface area contributed by atoms with E-state index in [9.17, 15) is 8.78 Å². The fraction of sp³-hybridized carbons (Fsp3) is 0.500. The van der Waals surface area contributed by atoms with Crippen LogP contribution < -0.4 is 14.8 Å². The van der Waals surface area contributed by atoms with Gasteiger partial charge < -0.3 is 19.9 Å². The standard InChI is InChI=1S/C12H17F2NO3/c1-3-17-11-6-8(9(7-16)15-2)4-5-10(11)18-12(13)14/h4-6,9,12,15-16H,3,7H2,1-2H3. The van der Waals surface area contributed by atoms with Crippen molar-refractivity contribution in [2.75, 3.05) is 20.3 Å². The summed E-state index contributed by atoms with van der Waals surface area (Å²) in [6.07, 6.45) is 0. The number of halogens is 2. The first-order valence-electron chi connectivity index (χ1n) is 5.62. The van der Waals surface area contributed by atoms with E-state index in [0.29, 0.717) is 6.61 Å². The van der Waals surface area contributed by atoms with E-state index in [1.807, 2.05) is 0 Å². The summed E-state index contributed by atoms with van der Waals surface area (Å²) >= 11 is 0. The molecule has 2 N–H and O–H groups in total. The quantitative estimate of drug-likeness (QED) is 0.787. The number of hydrogen-bond acceptors (Lipinski definition) is 4. The molecule has 102 valence electrons. The van der Waals surface area contributed by atoms with Crippen molar-refractivity contribution in [3.8, 4) is 11.5 Å². The molecule has 0 fully saturated rings. The number of rotatable bonds is 7. The third-order valence-electron chi connectivity index (χ3n) is 2.42. The minimum atomic E-state index is -2.90. The molecule has 4 nitrogen and oxygen atoms in total. The van der Waals surface area contributed by atoms with E-state index in [2.05, 4.69) is 10.1 Å². The summed E-state index contributed by atoms with van der Waals surface area (Å²) in [5.41, 5.74) is 0.741. The van der Waals surface area contributed by atoms with Crippen molar-refractivity contribution >= 4 is 0 Å². The van der Waals surface area contributed by atoms with Gasteiger partial charge in [0.15, 0.2) is 11.5 Å². The van der Waals surface area contributed by atoms with E-state index < -0.39 is 6.61 Å². The monoisotopic (exact) mass is 261 g/mol. The van der Waals surface area contributed by atoms with Crippen LogP contribution in [0.2, 0.25) is 0 Å². The Labute approximate surface area is 105 Å². The highest BCUT2D eigenvalue weighted by Gasteiger charge is 2.14. The lowest BCUT2D eigenvalue weighted by atomic mass is 10.1. The van der Waals surface area contributed by atoms with Crippen molar-refractivity contribution in [2.24, 2.45) is 0 Å². The molecule has 1 aromatic rings. The first-order valence-corrected chi connectivity index (χ1v) is 5.62. The van der Waals surface area contributed by atoms with Gasteiger partial charge >= 0.3 is 6.61 Å². The molecular weight excluding hydrogens is 244 g/mol. The SMILES string of the molecule is CCOc1cc(C(CO)NC)ccc1OC(F)F. The van der Waals surface area contributed by atoms with Crippen LogP contribution in [0.25, 0.3) is 0 Å². The molecule has 0 saturated heterocycles. The largest absolute Gasteiger partial charge is 0.490 e. The third kappa shape index (κ3) is 3.82. The molecule has 0 spiro atoms. The number of aliphatic hydroxyl groups is 1. The molecule has 0 radical (unpaired) electrons. The first kappa shape index (κ1) is 14.7. The Kier molecular flexibility index (Phi) is 5.80. The molecular formula is C12H17F2NO3. The lowest BCUT2D eigenvalue weighted by molar-refractivity contribution is -0.0514. The summed E-state index contributed by atoms with van der Waals surface area (Å²) < 4.78 is 34.0. The maximum Gasteiger partial charge on any atom is 0.387 e. The maximum absolute atomic E-state index is 12.2. The van der Waals surface area contributed by atoms with Gasteiger partial charge in [0.2, 0.25) is 0 Å². The number of nitrogens with one attached hydrogen (secondary N) is 1. The van der Waals surface area contributed by atoms with Crippen molar-refractivity contribution < 1.29 is 23.4 Å². The van der Waals surface area contributed by atoms with Crippen molar-refractivity contribution in [3.05, 3.63) is 23.8 Å². The van der Waals surface area contributed by atoms with Gasteiger partial charge in [0.1, 0.15) is 0 Å². The number of aliphatic hydroxyl groups excluding tert-OH is 1. The van der Waals surface area contributed by atoms with Crippen LogP contribution in [0.1, 0.15) is 18.5 Å². The number of ether oxygens (including phenoxy) is 2. The van der Waals surface area contributed by atoms with Gasteiger partial charge in [0.25, 0.3) is 0 Å². The van der Waals surface area contributed by atoms with Crippen molar-refractivity contribution in [2.45, 2.75) is 19.6 Å². The van der Waals surface area contributed by atoms with Gasteiger partial charge in [-0.25, -0.2) is 0 Å². The average molecular weight is 261 g/mol. The Morgan fingerprint density at radius 1 is 1.33 bits per heavy atom. The van der Waals surface area contributed by atoms with Gasteiger partial charge in [-0.15, -0.1) is 0 Å². The zero-order chi connectivity index (χ0) is 13.5. The van der Waals surface area contributed by atoms with Gasteiger partial charge in [0, 0.05) is 0 Å². The summed E-state index contributed by atoms with van der Waals surface area (Å²) in [5, 5.41) is 12.1. The predicted octanol–water partition coefficient (Wildman–Crippen LogP) is 1.94. The van der Waals surface area contributed by atoms with Gasteiger partial charge in [-0.3, -0.25) is 0 Å². The Hall–Kier alpha value is -1.40. The van der Waals surface area contributed by atoms with Crippen molar-refractivity contribution in [3.63, 3.8) is 0 Å². The second-order valence-corrected chi connectivity index (χ2v) is 3.54. The Balaban J connectivity index is 3.01. The van der Waals surface area contributed by atoms with Crippen LogP contribution in [0.15, 0.2) is 18.2 Å². The highest BCUT2D eigenvalue weighted by Crippen LogP contribution is 2.31. The zero-order valence-corrected chi connectivity index (χ0v) is 10.3. The molecule has 0 aromatic heterocycles. The topological polar surface area (TPSA) is 50.7 Å². The van der Waals surface area contributed by atoms with Crippen LogP contribution >= 0.6 is 0 Å². The van der Waals surface area contributed by atoms with Gasteiger partial charge in [-0.05, 0) is 31.7 Å². The lowest BCUT2D eigenvalue weighted by Crippen LogP contribution is -2.20. The lowest BCUT2D eigenvalue weighted by Gasteiger charge is -2.17. The molecule has 1 atom stereocenters. The minimum Gasteiger partial charge on any atom is -0.490 e. The normalized spacial score (nSPS) is 12.6. The molecule has 18 heavy (non-hydrogen) atoms. The Morgan fingerprint density at radius 2 is 2.06 bits per heavy atom. The number of benzene rings is 1. The zero-order valence-electron chi connectivity index (χ0n) is 10.3. The summed E-state index contributed by atoms with van der Waals surface area (Å²) in [6.45, 7) is -0.905. The maximum atomic E-state index is 12.2. The molecule has 0 saturated carbocycles. The van der Waals surface area contributed by atoms with E-state index in [4.69, 9.17) is 9.84 Å². The summed E-state index contributed by atoms with van der Waals surface area (Å²) in [7, 11) is 1.70.